The number of hydrogen-bond acceptors (Lipinski definition) is 4. The Kier molecular flexibility index (Phi) is 5.60. The Bertz CT molecular complexity index is 1170. The summed E-state index contributed by atoms with van der Waals surface area (Å²) >= 11 is 0. The lowest BCUT2D eigenvalue weighted by Crippen LogP contribution is -2.66. The molecule has 1 saturated heterocycles. The van der Waals surface area contributed by atoms with Crippen LogP contribution in [-0.2, 0) is 4.79 Å². The Labute approximate surface area is 230 Å². The topological polar surface area (TPSA) is 64.3 Å². The molecule has 1 heterocycles. The summed E-state index contributed by atoms with van der Waals surface area (Å²) in [7, 11) is 0. The van der Waals surface area contributed by atoms with E-state index in [1.807, 2.05) is 0 Å². The van der Waals surface area contributed by atoms with Crippen LogP contribution in [0, 0.1) is 61.6 Å². The van der Waals surface area contributed by atoms with Crippen molar-refractivity contribution < 1.29 is 9.90 Å². The van der Waals surface area contributed by atoms with Crippen LogP contribution in [0.4, 0.5) is 0 Å². The zero-order valence-corrected chi connectivity index (χ0v) is 25.0. The van der Waals surface area contributed by atoms with Crippen LogP contribution in [0.15, 0.2) is 23.0 Å². The van der Waals surface area contributed by atoms with Crippen LogP contribution in [0.25, 0.3) is 0 Å². The molecule has 0 aromatic carbocycles. The van der Waals surface area contributed by atoms with Crippen molar-refractivity contribution in [2.75, 3.05) is 19.6 Å². The molecular formula is C34H50N2O2. The molecule has 6 rings (SSSR count). The highest BCUT2D eigenvalue weighted by molar-refractivity contribution is 5.95. The number of fused-ring (bicyclic) bond motifs is 7. The number of nitrogens with zero attached hydrogens (tertiary/aromatic N) is 2. The fraction of sp³-hybridized carbons (Fsp3) is 0.824. The molecule has 7 atom stereocenters. The largest absolute Gasteiger partial charge is 0.511 e. The first-order valence-corrected chi connectivity index (χ1v) is 15.5. The molecule has 0 radical (unpaired) electrons. The second-order valence-electron chi connectivity index (χ2n) is 16.5. The van der Waals surface area contributed by atoms with Gasteiger partial charge in [-0.3, -0.25) is 4.79 Å². The van der Waals surface area contributed by atoms with Gasteiger partial charge in [0.15, 0.2) is 5.78 Å². The monoisotopic (exact) mass is 518 g/mol. The minimum Gasteiger partial charge on any atom is -0.511 e. The molecule has 3 saturated carbocycles. The first kappa shape index (κ1) is 26.6. The van der Waals surface area contributed by atoms with E-state index in [2.05, 4.69) is 65.5 Å². The van der Waals surface area contributed by atoms with E-state index in [9.17, 15) is 15.2 Å². The zero-order chi connectivity index (χ0) is 27.5. The second kappa shape index (κ2) is 7.99. The van der Waals surface area contributed by atoms with E-state index in [0.29, 0.717) is 23.7 Å². The Morgan fingerprint density at radius 1 is 1.03 bits per heavy atom. The number of ketones is 1. The number of aliphatic hydroxyl groups excluding tert-OH is 1. The van der Waals surface area contributed by atoms with Gasteiger partial charge >= 0.3 is 0 Å². The van der Waals surface area contributed by atoms with Crippen molar-refractivity contribution in [3.05, 3.63) is 23.0 Å². The van der Waals surface area contributed by atoms with Crippen molar-refractivity contribution in [2.24, 2.45) is 50.2 Å². The molecule has 6 aliphatic rings. The van der Waals surface area contributed by atoms with Gasteiger partial charge in [-0.15, -0.1) is 0 Å². The molecule has 0 unspecified atom stereocenters. The minimum absolute atomic E-state index is 0.0645. The number of rotatable bonds is 2. The van der Waals surface area contributed by atoms with Crippen LogP contribution in [-0.4, -0.2) is 35.4 Å². The quantitative estimate of drug-likeness (QED) is 0.408. The van der Waals surface area contributed by atoms with Gasteiger partial charge in [-0.2, -0.15) is 5.26 Å². The molecule has 0 amide bonds. The fourth-order valence-electron chi connectivity index (χ4n) is 11.3. The van der Waals surface area contributed by atoms with Crippen molar-refractivity contribution in [3.63, 3.8) is 0 Å². The number of carbonyl (C=O) groups is 1. The molecular weight excluding hydrogens is 468 g/mol. The van der Waals surface area contributed by atoms with E-state index in [1.165, 1.54) is 50.9 Å². The lowest BCUT2D eigenvalue weighted by Gasteiger charge is -2.70. The van der Waals surface area contributed by atoms with E-state index >= 15 is 0 Å². The molecule has 0 aromatic heterocycles. The summed E-state index contributed by atoms with van der Waals surface area (Å²) in [6.45, 7) is 20.0. The summed E-state index contributed by atoms with van der Waals surface area (Å²) in [6.07, 6.45) is 12.1. The highest BCUT2D eigenvalue weighted by Gasteiger charge is 2.69. The van der Waals surface area contributed by atoms with E-state index in [-0.39, 0.29) is 44.7 Å². The minimum atomic E-state index is -0.465. The molecule has 4 heteroatoms. The molecule has 0 aromatic rings. The SMILES string of the molecule is CC1(C)CC[C@]2(CN3CCC3)CC[C@]3(C)[C@H](C(=O)C=C4[C@@]5(C)CC(C#N)=C(O)C(C)(C)[C@@H]5CC[C@]43C)[C@@H]2C1. The van der Waals surface area contributed by atoms with Gasteiger partial charge < -0.3 is 10.0 Å². The maximum absolute atomic E-state index is 14.6. The molecule has 0 bridgehead atoms. The Hall–Kier alpha value is -1.60. The van der Waals surface area contributed by atoms with Crippen molar-refractivity contribution >= 4 is 5.78 Å². The van der Waals surface area contributed by atoms with E-state index in [1.54, 1.807) is 0 Å². The molecule has 4 fully saturated rings. The number of allylic oxidation sites excluding steroid dienone is 4. The number of carbonyl (C=O) groups excluding carboxylic acids is 1. The lowest BCUT2D eigenvalue weighted by molar-refractivity contribution is -0.177. The Morgan fingerprint density at radius 2 is 1.71 bits per heavy atom. The summed E-state index contributed by atoms with van der Waals surface area (Å²) in [4.78, 5) is 17.3. The molecule has 0 spiro atoms. The van der Waals surface area contributed by atoms with Gasteiger partial charge in [0.2, 0.25) is 0 Å². The Balaban J connectivity index is 1.47. The number of likely N-dealkylation sites (tertiary alicyclic amines) is 1. The van der Waals surface area contributed by atoms with Crippen molar-refractivity contribution in [1.82, 2.24) is 4.90 Å². The van der Waals surface area contributed by atoms with Gasteiger partial charge in [-0.25, -0.2) is 0 Å². The van der Waals surface area contributed by atoms with Gasteiger partial charge in [0.05, 0.1) is 11.6 Å². The van der Waals surface area contributed by atoms with Crippen molar-refractivity contribution in [2.45, 2.75) is 106 Å². The summed E-state index contributed by atoms with van der Waals surface area (Å²) in [5.74, 6) is 1.40. The third-order valence-corrected chi connectivity index (χ3v) is 13.8. The predicted octanol–water partition coefficient (Wildman–Crippen LogP) is 7.62. The maximum atomic E-state index is 14.6. The van der Waals surface area contributed by atoms with Crippen LogP contribution in [0.1, 0.15) is 106 Å². The second-order valence-corrected chi connectivity index (χ2v) is 16.5. The normalized spacial score (nSPS) is 47.5. The van der Waals surface area contributed by atoms with Crippen LogP contribution in [0.3, 0.4) is 0 Å². The predicted molar refractivity (Wildman–Crippen MR) is 151 cm³/mol. The smallest absolute Gasteiger partial charge is 0.159 e. The van der Waals surface area contributed by atoms with Gasteiger partial charge in [0.25, 0.3) is 0 Å². The van der Waals surface area contributed by atoms with Crippen LogP contribution < -0.4 is 0 Å². The van der Waals surface area contributed by atoms with Gasteiger partial charge in [0.1, 0.15) is 5.76 Å². The van der Waals surface area contributed by atoms with Crippen LogP contribution >= 0.6 is 0 Å². The van der Waals surface area contributed by atoms with Crippen molar-refractivity contribution in [1.29, 1.82) is 5.26 Å². The third kappa shape index (κ3) is 3.27. The lowest BCUT2D eigenvalue weighted by atomic mass is 9.34. The summed E-state index contributed by atoms with van der Waals surface area (Å²) in [6, 6.07) is 2.35. The molecule has 1 aliphatic heterocycles. The van der Waals surface area contributed by atoms with E-state index in [4.69, 9.17) is 0 Å². The summed E-state index contributed by atoms with van der Waals surface area (Å²) in [5.41, 5.74) is 1.49. The van der Waals surface area contributed by atoms with Gasteiger partial charge in [-0.1, -0.05) is 54.0 Å². The summed E-state index contributed by atoms with van der Waals surface area (Å²) in [5, 5.41) is 21.1. The molecule has 1 N–H and O–H groups in total. The fourth-order valence-corrected chi connectivity index (χ4v) is 11.3. The van der Waals surface area contributed by atoms with Crippen LogP contribution in [0.2, 0.25) is 0 Å². The standard InChI is InChI=1S/C34H50N2O2/c1-29(2)11-13-34(21-36-15-8-16-36)14-12-33(7)27(23(34)19-29)24(37)17-26-31(5)18-22(20-35)28(38)30(3,4)25(31)9-10-32(26,33)6/h17,23,25,27,38H,8-16,18-19,21H2,1-7H3/t23-,25-,27-,31-,32+,33+,34+/m0/s1. The van der Waals surface area contributed by atoms with Crippen LogP contribution in [0.5, 0.6) is 0 Å². The maximum Gasteiger partial charge on any atom is 0.159 e. The summed E-state index contributed by atoms with van der Waals surface area (Å²) < 4.78 is 0. The zero-order valence-electron chi connectivity index (χ0n) is 25.0. The van der Waals surface area contributed by atoms with E-state index in [0.717, 1.165) is 25.7 Å². The Morgan fingerprint density at radius 3 is 2.34 bits per heavy atom. The first-order valence-electron chi connectivity index (χ1n) is 15.5. The number of aliphatic hydroxyl groups is 1. The molecule has 38 heavy (non-hydrogen) atoms. The highest BCUT2D eigenvalue weighted by atomic mass is 16.3. The van der Waals surface area contributed by atoms with Gasteiger partial charge in [0, 0.05) is 17.9 Å². The number of hydrogen-bond donors (Lipinski definition) is 1. The van der Waals surface area contributed by atoms with Gasteiger partial charge in [-0.05, 0) is 116 Å². The average Bonchev–Trinajstić information content (AvgIpc) is 2.81. The average molecular weight is 519 g/mol. The number of nitriles is 1. The molecule has 208 valence electrons. The van der Waals surface area contributed by atoms with E-state index < -0.39 is 5.41 Å². The first-order chi connectivity index (χ1) is 17.6. The molecule has 4 nitrogen and oxygen atoms in total. The highest BCUT2D eigenvalue weighted by Crippen LogP contribution is 2.75. The molecule has 5 aliphatic carbocycles. The third-order valence-electron chi connectivity index (χ3n) is 13.8. The van der Waals surface area contributed by atoms with Crippen molar-refractivity contribution in [3.8, 4) is 6.07 Å².